The van der Waals surface area contributed by atoms with E-state index in [9.17, 15) is 13.2 Å². The molecule has 24 heavy (non-hydrogen) atoms. The first-order chi connectivity index (χ1) is 11.4. The Morgan fingerprint density at radius 1 is 1.42 bits per heavy atom. The van der Waals surface area contributed by atoms with Crippen molar-refractivity contribution in [3.05, 3.63) is 22.7 Å². The van der Waals surface area contributed by atoms with E-state index in [1.807, 2.05) is 6.08 Å². The van der Waals surface area contributed by atoms with Gasteiger partial charge in [-0.15, -0.1) is 11.3 Å². The third-order valence-electron chi connectivity index (χ3n) is 4.35. The maximum Gasteiger partial charge on any atom is 0.281 e. The van der Waals surface area contributed by atoms with E-state index in [4.69, 9.17) is 0 Å². The van der Waals surface area contributed by atoms with Crippen molar-refractivity contribution in [3.63, 3.8) is 0 Å². The molecule has 2 heterocycles. The number of rotatable bonds is 4. The van der Waals surface area contributed by atoms with Crippen LogP contribution >= 0.6 is 11.3 Å². The van der Waals surface area contributed by atoms with Crippen LogP contribution in [0.4, 0.5) is 5.13 Å². The summed E-state index contributed by atoms with van der Waals surface area (Å²) in [6.45, 7) is 0.730. The van der Waals surface area contributed by atoms with E-state index >= 15 is 0 Å². The second-order valence-electron chi connectivity index (χ2n) is 6.23. The molecule has 1 amide bonds. The van der Waals surface area contributed by atoms with Crippen molar-refractivity contribution >= 4 is 32.6 Å². The molecule has 1 unspecified atom stereocenters. The van der Waals surface area contributed by atoms with E-state index < -0.39 is 10.2 Å². The molecule has 0 saturated heterocycles. The Balaban J connectivity index is 1.69. The Labute approximate surface area is 146 Å². The van der Waals surface area contributed by atoms with Crippen LogP contribution in [0.5, 0.6) is 0 Å². The molecular formula is C15H22N4O3S2. The maximum atomic E-state index is 12.3. The van der Waals surface area contributed by atoms with Gasteiger partial charge in [-0.1, -0.05) is 12.2 Å². The number of carbonyl (C=O) groups is 1. The van der Waals surface area contributed by atoms with Crippen LogP contribution < -0.4 is 5.32 Å². The third kappa shape index (κ3) is 3.53. The lowest BCUT2D eigenvalue weighted by Gasteiger charge is -2.27. The molecule has 0 aromatic carbocycles. The number of carbonyl (C=O) groups excluding carboxylic acids is 1. The number of anilines is 1. The van der Waals surface area contributed by atoms with Gasteiger partial charge in [0.05, 0.1) is 12.2 Å². The molecule has 0 spiro atoms. The number of aromatic nitrogens is 1. The lowest BCUT2D eigenvalue weighted by Crippen LogP contribution is -2.42. The van der Waals surface area contributed by atoms with Crippen LogP contribution in [0.1, 0.15) is 29.8 Å². The molecule has 132 valence electrons. The Morgan fingerprint density at radius 3 is 2.88 bits per heavy atom. The van der Waals surface area contributed by atoms with Crippen LogP contribution in [0, 0.1) is 5.92 Å². The third-order valence-corrected chi connectivity index (χ3v) is 7.24. The molecule has 7 nitrogen and oxygen atoms in total. The van der Waals surface area contributed by atoms with Crippen LogP contribution in [0.15, 0.2) is 12.2 Å². The smallest absolute Gasteiger partial charge is 0.281 e. The molecule has 2 aliphatic rings. The van der Waals surface area contributed by atoms with Crippen molar-refractivity contribution in [2.45, 2.75) is 32.2 Å². The van der Waals surface area contributed by atoms with Gasteiger partial charge in [0.25, 0.3) is 10.2 Å². The summed E-state index contributed by atoms with van der Waals surface area (Å²) in [5, 5.41) is 3.47. The molecule has 1 aromatic heterocycles. The van der Waals surface area contributed by atoms with Crippen molar-refractivity contribution in [2.24, 2.45) is 5.92 Å². The summed E-state index contributed by atoms with van der Waals surface area (Å²) >= 11 is 1.37. The zero-order valence-electron chi connectivity index (χ0n) is 13.9. The fraction of sp³-hybridized carbons (Fsp3) is 0.600. The van der Waals surface area contributed by atoms with Crippen molar-refractivity contribution in [2.75, 3.05) is 26.0 Å². The first kappa shape index (κ1) is 17.5. The van der Waals surface area contributed by atoms with E-state index in [1.54, 1.807) is 0 Å². The molecule has 9 heteroatoms. The van der Waals surface area contributed by atoms with E-state index in [1.165, 1.54) is 34.0 Å². The number of hydrogen-bond acceptors (Lipinski definition) is 5. The van der Waals surface area contributed by atoms with Gasteiger partial charge in [-0.3, -0.25) is 4.79 Å². The fourth-order valence-corrected chi connectivity index (χ4v) is 5.08. The lowest BCUT2D eigenvalue weighted by atomic mass is 9.94. The van der Waals surface area contributed by atoms with E-state index in [0.29, 0.717) is 24.6 Å². The molecule has 1 aliphatic carbocycles. The predicted molar refractivity (Wildman–Crippen MR) is 93.9 cm³/mol. The molecule has 0 fully saturated rings. The molecular weight excluding hydrogens is 348 g/mol. The molecule has 0 saturated carbocycles. The minimum atomic E-state index is -3.42. The molecule has 0 bridgehead atoms. The van der Waals surface area contributed by atoms with Gasteiger partial charge in [-0.05, 0) is 19.3 Å². The van der Waals surface area contributed by atoms with Gasteiger partial charge in [0.2, 0.25) is 5.91 Å². The highest BCUT2D eigenvalue weighted by molar-refractivity contribution is 7.86. The van der Waals surface area contributed by atoms with Crippen molar-refractivity contribution in [3.8, 4) is 0 Å². The van der Waals surface area contributed by atoms with Crippen molar-refractivity contribution in [1.29, 1.82) is 0 Å². The SMILES string of the molecule is CN(C)S(=O)(=O)N1CCc2nc(NC(=O)C3CC=CCC3)sc2C1. The second-order valence-corrected chi connectivity index (χ2v) is 9.46. The Bertz CT molecular complexity index is 755. The second kappa shape index (κ2) is 6.91. The van der Waals surface area contributed by atoms with Gasteiger partial charge in [0.1, 0.15) is 0 Å². The first-order valence-electron chi connectivity index (χ1n) is 8.00. The normalized spacial score (nSPS) is 21.7. The molecule has 3 rings (SSSR count). The molecule has 1 aromatic rings. The Morgan fingerprint density at radius 2 is 2.21 bits per heavy atom. The highest BCUT2D eigenvalue weighted by Gasteiger charge is 2.31. The Hall–Kier alpha value is -1.29. The number of fused-ring (bicyclic) bond motifs is 1. The summed E-state index contributed by atoms with van der Waals surface area (Å²) in [5.74, 6) is 0.00441. The molecule has 1 atom stereocenters. The van der Waals surface area contributed by atoms with Gasteiger partial charge in [-0.2, -0.15) is 17.0 Å². The number of nitrogens with one attached hydrogen (secondary N) is 1. The van der Waals surface area contributed by atoms with Gasteiger partial charge < -0.3 is 5.32 Å². The summed E-state index contributed by atoms with van der Waals surface area (Å²) in [4.78, 5) is 17.7. The lowest BCUT2D eigenvalue weighted by molar-refractivity contribution is -0.120. The average molecular weight is 371 g/mol. The highest BCUT2D eigenvalue weighted by atomic mass is 32.2. The van der Waals surface area contributed by atoms with Crippen LogP contribution in [0.25, 0.3) is 0 Å². The molecule has 1 N–H and O–H groups in total. The minimum absolute atomic E-state index is 0.00143. The minimum Gasteiger partial charge on any atom is -0.302 e. The molecule has 0 radical (unpaired) electrons. The summed E-state index contributed by atoms with van der Waals surface area (Å²) in [6, 6.07) is 0. The summed E-state index contributed by atoms with van der Waals surface area (Å²) in [6.07, 6.45) is 7.29. The number of amides is 1. The summed E-state index contributed by atoms with van der Waals surface area (Å²) < 4.78 is 27.2. The number of nitrogens with zero attached hydrogens (tertiary/aromatic N) is 3. The zero-order chi connectivity index (χ0) is 17.3. The zero-order valence-corrected chi connectivity index (χ0v) is 15.5. The van der Waals surface area contributed by atoms with Crippen LogP contribution in [0.3, 0.4) is 0 Å². The average Bonchev–Trinajstić information content (AvgIpc) is 2.96. The number of allylic oxidation sites excluding steroid dienone is 2. The fourth-order valence-electron chi connectivity index (χ4n) is 2.89. The number of hydrogen-bond donors (Lipinski definition) is 1. The van der Waals surface area contributed by atoms with Gasteiger partial charge in [0, 0.05) is 37.9 Å². The van der Waals surface area contributed by atoms with E-state index in [-0.39, 0.29) is 11.8 Å². The van der Waals surface area contributed by atoms with E-state index in [2.05, 4.69) is 16.4 Å². The summed E-state index contributed by atoms with van der Waals surface area (Å²) in [5.41, 5.74) is 0.893. The Kier molecular flexibility index (Phi) is 5.05. The van der Waals surface area contributed by atoms with Crippen LogP contribution in [0.2, 0.25) is 0 Å². The predicted octanol–water partition coefficient (Wildman–Crippen LogP) is 1.60. The number of thiazole rings is 1. The summed E-state index contributed by atoms with van der Waals surface area (Å²) in [7, 11) is -0.364. The highest BCUT2D eigenvalue weighted by Crippen LogP contribution is 2.30. The topological polar surface area (TPSA) is 82.6 Å². The van der Waals surface area contributed by atoms with Gasteiger partial charge in [0.15, 0.2) is 5.13 Å². The van der Waals surface area contributed by atoms with Crippen molar-refractivity contribution in [1.82, 2.24) is 13.6 Å². The maximum absolute atomic E-state index is 12.3. The van der Waals surface area contributed by atoms with Crippen LogP contribution in [-0.2, 0) is 28.0 Å². The van der Waals surface area contributed by atoms with E-state index in [0.717, 1.165) is 29.8 Å². The van der Waals surface area contributed by atoms with Crippen molar-refractivity contribution < 1.29 is 13.2 Å². The first-order valence-corrected chi connectivity index (χ1v) is 10.2. The monoisotopic (exact) mass is 370 g/mol. The standard InChI is InChI=1S/C15H22N4O3S2/c1-18(2)24(21,22)19-9-8-12-13(10-19)23-15(16-12)17-14(20)11-6-4-3-5-7-11/h3-4,11H,5-10H2,1-2H3,(H,16,17,20). The van der Waals surface area contributed by atoms with Gasteiger partial charge >= 0.3 is 0 Å². The molecule has 1 aliphatic heterocycles. The van der Waals surface area contributed by atoms with Crippen LogP contribution in [-0.4, -0.2) is 48.6 Å². The quantitative estimate of drug-likeness (QED) is 0.816. The largest absolute Gasteiger partial charge is 0.302 e. The van der Waals surface area contributed by atoms with Gasteiger partial charge in [-0.25, -0.2) is 4.98 Å².